The lowest BCUT2D eigenvalue weighted by atomic mass is 9.71. The van der Waals surface area contributed by atoms with Crippen LogP contribution in [0.25, 0.3) is 32.3 Å². The molecule has 0 spiro atoms. The Labute approximate surface area is 214 Å². The average Bonchev–Trinajstić information content (AvgIpc) is 2.93. The standard InChI is InChI=1S/C35H34N/c1-2-25-23-36(24-35-33-16-7-4-11-28(33)20-29-12-5-8-17-34(29)35)19-18-27(25)21-31(36)22-30-14-9-13-26-10-3-6-15-32(26)30/h2-17,20,25,27,31H,1,18-19,21-24H2/q+1. The van der Waals surface area contributed by atoms with Gasteiger partial charge in [-0.2, -0.15) is 0 Å². The van der Waals surface area contributed by atoms with Crippen LogP contribution in [0.5, 0.6) is 0 Å². The summed E-state index contributed by atoms with van der Waals surface area (Å²) < 4.78 is 1.19. The smallest absolute Gasteiger partial charge is 0.106 e. The Hall–Kier alpha value is -3.42. The van der Waals surface area contributed by atoms with Crippen LogP contribution in [0.4, 0.5) is 0 Å². The Morgan fingerprint density at radius 1 is 0.750 bits per heavy atom. The molecule has 0 aromatic heterocycles. The van der Waals surface area contributed by atoms with E-state index in [-0.39, 0.29) is 0 Å². The van der Waals surface area contributed by atoms with E-state index in [1.54, 1.807) is 0 Å². The van der Waals surface area contributed by atoms with Crippen molar-refractivity contribution in [2.45, 2.75) is 31.8 Å². The molecule has 3 fully saturated rings. The highest BCUT2D eigenvalue weighted by molar-refractivity contribution is 6.02. The predicted octanol–water partition coefficient (Wildman–Crippen LogP) is 8.30. The second-order valence-corrected chi connectivity index (χ2v) is 11.3. The normalized spacial score (nSPS) is 25.5. The molecule has 1 heteroatoms. The highest BCUT2D eigenvalue weighted by atomic mass is 15.4. The first-order valence-electron chi connectivity index (χ1n) is 13.6. The Morgan fingerprint density at radius 3 is 2.11 bits per heavy atom. The third kappa shape index (κ3) is 3.49. The van der Waals surface area contributed by atoms with Crippen LogP contribution in [0.3, 0.4) is 0 Å². The van der Waals surface area contributed by atoms with Gasteiger partial charge in [-0.15, -0.1) is 6.58 Å². The zero-order valence-electron chi connectivity index (χ0n) is 20.9. The molecule has 4 atom stereocenters. The van der Waals surface area contributed by atoms with E-state index in [1.807, 2.05) is 0 Å². The van der Waals surface area contributed by atoms with Crippen molar-refractivity contribution in [3.8, 4) is 0 Å². The van der Waals surface area contributed by atoms with Crippen LogP contribution in [-0.2, 0) is 13.0 Å². The molecule has 178 valence electrons. The number of hydrogen-bond acceptors (Lipinski definition) is 0. The van der Waals surface area contributed by atoms with Gasteiger partial charge in [0, 0.05) is 30.7 Å². The van der Waals surface area contributed by atoms with Crippen molar-refractivity contribution < 1.29 is 4.48 Å². The molecule has 1 nitrogen and oxygen atoms in total. The zero-order chi connectivity index (χ0) is 24.1. The molecule has 0 amide bonds. The lowest BCUT2D eigenvalue weighted by Crippen LogP contribution is -2.66. The van der Waals surface area contributed by atoms with E-state index in [0.29, 0.717) is 12.0 Å². The van der Waals surface area contributed by atoms with E-state index in [2.05, 4.69) is 110 Å². The summed E-state index contributed by atoms with van der Waals surface area (Å²) in [5.41, 5.74) is 3.05. The maximum absolute atomic E-state index is 4.28. The molecule has 5 aromatic rings. The van der Waals surface area contributed by atoms with Gasteiger partial charge in [-0.05, 0) is 49.9 Å². The largest absolute Gasteiger partial charge is 0.317 e. The summed E-state index contributed by atoms with van der Waals surface area (Å²) in [7, 11) is 0. The maximum Gasteiger partial charge on any atom is 0.106 e. The maximum atomic E-state index is 4.28. The molecule has 4 unspecified atom stereocenters. The Morgan fingerprint density at radius 2 is 1.39 bits per heavy atom. The van der Waals surface area contributed by atoms with Gasteiger partial charge in [0.2, 0.25) is 0 Å². The summed E-state index contributed by atoms with van der Waals surface area (Å²) >= 11 is 0. The number of rotatable bonds is 5. The van der Waals surface area contributed by atoms with Gasteiger partial charge >= 0.3 is 0 Å². The molecule has 0 radical (unpaired) electrons. The van der Waals surface area contributed by atoms with E-state index < -0.39 is 0 Å². The number of hydrogen-bond donors (Lipinski definition) is 0. The number of quaternary nitrogens is 1. The zero-order valence-corrected chi connectivity index (χ0v) is 20.9. The predicted molar refractivity (Wildman–Crippen MR) is 153 cm³/mol. The van der Waals surface area contributed by atoms with Gasteiger partial charge in [-0.1, -0.05) is 97.1 Å². The quantitative estimate of drug-likeness (QED) is 0.138. The van der Waals surface area contributed by atoms with Crippen LogP contribution < -0.4 is 0 Å². The summed E-state index contributed by atoms with van der Waals surface area (Å²) in [5.74, 6) is 1.41. The van der Waals surface area contributed by atoms with Crippen molar-refractivity contribution in [3.63, 3.8) is 0 Å². The molecule has 0 aliphatic carbocycles. The summed E-state index contributed by atoms with van der Waals surface area (Å²) in [5, 5.41) is 8.37. The average molecular weight is 469 g/mol. The molecule has 2 bridgehead atoms. The molecular formula is C35H34N+. The van der Waals surface area contributed by atoms with Crippen LogP contribution in [0.2, 0.25) is 0 Å². The highest BCUT2D eigenvalue weighted by Crippen LogP contribution is 2.46. The fourth-order valence-corrected chi connectivity index (χ4v) is 7.63. The van der Waals surface area contributed by atoms with Crippen molar-refractivity contribution in [3.05, 3.63) is 121 Å². The second kappa shape index (κ2) is 8.61. The van der Waals surface area contributed by atoms with Crippen LogP contribution in [0, 0.1) is 11.8 Å². The summed E-state index contributed by atoms with van der Waals surface area (Å²) in [6.07, 6.45) is 6.06. The lowest BCUT2D eigenvalue weighted by molar-refractivity contribution is -0.980. The third-order valence-electron chi connectivity index (χ3n) is 9.47. The molecule has 36 heavy (non-hydrogen) atoms. The number of piperidine rings is 3. The van der Waals surface area contributed by atoms with Gasteiger partial charge in [0.25, 0.3) is 0 Å². The van der Waals surface area contributed by atoms with E-state index in [0.717, 1.165) is 18.9 Å². The molecule has 3 heterocycles. The first-order chi connectivity index (χ1) is 17.7. The van der Waals surface area contributed by atoms with Gasteiger partial charge in [-0.3, -0.25) is 0 Å². The van der Waals surface area contributed by atoms with Crippen LogP contribution in [-0.4, -0.2) is 23.6 Å². The van der Waals surface area contributed by atoms with Crippen LogP contribution >= 0.6 is 0 Å². The summed E-state index contributed by atoms with van der Waals surface area (Å²) in [6.45, 7) is 7.89. The van der Waals surface area contributed by atoms with Gasteiger partial charge in [0.15, 0.2) is 0 Å². The van der Waals surface area contributed by atoms with Gasteiger partial charge in [0.1, 0.15) is 6.54 Å². The fraction of sp³-hybridized carbons (Fsp3) is 0.257. The molecule has 3 saturated heterocycles. The third-order valence-corrected chi connectivity index (χ3v) is 9.47. The van der Waals surface area contributed by atoms with Crippen molar-refractivity contribution in [1.29, 1.82) is 0 Å². The monoisotopic (exact) mass is 468 g/mol. The number of nitrogens with zero attached hydrogens (tertiary/aromatic N) is 1. The minimum absolute atomic E-state index is 0.628. The number of fused-ring (bicyclic) bond motifs is 6. The van der Waals surface area contributed by atoms with Crippen molar-refractivity contribution in [1.82, 2.24) is 0 Å². The van der Waals surface area contributed by atoms with Crippen LogP contribution in [0.15, 0.2) is 110 Å². The van der Waals surface area contributed by atoms with Gasteiger partial charge in [-0.25, -0.2) is 0 Å². The SMILES string of the molecule is C=CC1C[N+]2(Cc3c4ccccc4cc4ccccc34)CCC1CC2Cc1cccc2ccccc12. The van der Waals surface area contributed by atoms with Gasteiger partial charge in [0.05, 0.1) is 19.1 Å². The molecule has 5 aromatic carbocycles. The van der Waals surface area contributed by atoms with Gasteiger partial charge < -0.3 is 4.48 Å². The lowest BCUT2D eigenvalue weighted by Gasteiger charge is -2.57. The Kier molecular flexibility index (Phi) is 5.22. The minimum Gasteiger partial charge on any atom is -0.317 e. The molecular weight excluding hydrogens is 434 g/mol. The molecule has 0 saturated carbocycles. The van der Waals surface area contributed by atoms with E-state index >= 15 is 0 Å². The Balaban J connectivity index is 1.36. The first-order valence-corrected chi connectivity index (χ1v) is 13.6. The van der Waals surface area contributed by atoms with E-state index in [4.69, 9.17) is 0 Å². The fourth-order valence-electron chi connectivity index (χ4n) is 7.63. The summed E-state index contributed by atoms with van der Waals surface area (Å²) in [6, 6.07) is 36.9. The minimum atomic E-state index is 0.628. The van der Waals surface area contributed by atoms with E-state index in [9.17, 15) is 0 Å². The topological polar surface area (TPSA) is 0 Å². The highest BCUT2D eigenvalue weighted by Gasteiger charge is 2.51. The second-order valence-electron chi connectivity index (χ2n) is 11.3. The molecule has 3 aliphatic heterocycles. The van der Waals surface area contributed by atoms with Crippen molar-refractivity contribution >= 4 is 32.3 Å². The number of benzene rings is 5. The van der Waals surface area contributed by atoms with Crippen LogP contribution in [0.1, 0.15) is 24.0 Å². The summed E-state index contributed by atoms with van der Waals surface area (Å²) in [4.78, 5) is 0. The molecule has 8 rings (SSSR count). The van der Waals surface area contributed by atoms with Crippen molar-refractivity contribution in [2.24, 2.45) is 11.8 Å². The molecule has 0 N–H and O–H groups in total. The van der Waals surface area contributed by atoms with E-state index in [1.165, 1.54) is 73.9 Å². The first kappa shape index (κ1) is 21.8. The Bertz CT molecular complexity index is 1540. The van der Waals surface area contributed by atoms with Crippen molar-refractivity contribution in [2.75, 3.05) is 13.1 Å². The molecule has 3 aliphatic rings.